The van der Waals surface area contributed by atoms with Gasteiger partial charge < -0.3 is 14.1 Å². The summed E-state index contributed by atoms with van der Waals surface area (Å²) in [6.07, 6.45) is 0. The zero-order chi connectivity index (χ0) is 15.6. The maximum Gasteiger partial charge on any atom is 0.339 e. The molecule has 0 spiro atoms. The summed E-state index contributed by atoms with van der Waals surface area (Å²) in [5.74, 6) is -2.29. The van der Waals surface area contributed by atoms with Crippen LogP contribution in [0.3, 0.4) is 0 Å². The highest BCUT2D eigenvalue weighted by atomic mass is 35.5. The van der Waals surface area contributed by atoms with Crippen LogP contribution in [0.25, 0.3) is 0 Å². The van der Waals surface area contributed by atoms with Gasteiger partial charge in [-0.15, -0.1) is 0 Å². The van der Waals surface area contributed by atoms with Crippen LogP contribution in [0.4, 0.5) is 4.39 Å². The van der Waals surface area contributed by atoms with Crippen molar-refractivity contribution in [2.24, 2.45) is 0 Å². The molecule has 0 atom stereocenters. The lowest BCUT2D eigenvalue weighted by molar-refractivity contribution is -0.255. The van der Waals surface area contributed by atoms with E-state index in [1.807, 2.05) is 0 Å². The Morgan fingerprint density at radius 2 is 1.76 bits per heavy atom. The summed E-state index contributed by atoms with van der Waals surface area (Å²) in [4.78, 5) is 10.4. The first-order valence-electron chi connectivity index (χ1n) is 5.50. The lowest BCUT2D eigenvalue weighted by Gasteiger charge is -2.10. The Hall–Kier alpha value is -2.12. The normalized spacial score (nSPS) is 11.1. The summed E-state index contributed by atoms with van der Waals surface area (Å²) in [6.45, 7) is 0. The number of hydrogen-bond donors (Lipinski definition) is 0. The number of rotatable bonds is 4. The molecule has 0 heterocycles. The third-order valence-electron chi connectivity index (χ3n) is 2.47. The van der Waals surface area contributed by atoms with Crippen molar-refractivity contribution in [2.45, 2.75) is 4.90 Å². The highest BCUT2D eigenvalue weighted by Gasteiger charge is 2.18. The molecule has 0 N–H and O–H groups in total. The minimum Gasteiger partial charge on any atom is -0.545 e. The number of carbonyl (C=O) groups is 1. The van der Waals surface area contributed by atoms with Crippen molar-refractivity contribution in [3.63, 3.8) is 0 Å². The summed E-state index contributed by atoms with van der Waals surface area (Å²) in [5.41, 5.74) is -0.216. The van der Waals surface area contributed by atoms with E-state index in [4.69, 9.17) is 15.8 Å². The molecule has 21 heavy (non-hydrogen) atoms. The van der Waals surface area contributed by atoms with Gasteiger partial charge in [0, 0.05) is 0 Å². The summed E-state index contributed by atoms with van der Waals surface area (Å²) in [5, 5.41) is 10.4. The van der Waals surface area contributed by atoms with Crippen molar-refractivity contribution in [3.05, 3.63) is 58.9 Å². The summed E-state index contributed by atoms with van der Waals surface area (Å²) >= 11 is 5.75. The molecular formula is C13H7ClFO5S-. The van der Waals surface area contributed by atoms with Crippen LogP contribution in [-0.2, 0) is 10.1 Å². The fourth-order valence-electron chi connectivity index (χ4n) is 1.46. The van der Waals surface area contributed by atoms with Crippen LogP contribution >= 0.6 is 11.6 Å². The topological polar surface area (TPSA) is 83.5 Å². The van der Waals surface area contributed by atoms with Gasteiger partial charge in [-0.3, -0.25) is 0 Å². The third-order valence-corrected chi connectivity index (χ3v) is 4.01. The highest BCUT2D eigenvalue weighted by Crippen LogP contribution is 2.28. The summed E-state index contributed by atoms with van der Waals surface area (Å²) in [6, 6.07) is 7.20. The van der Waals surface area contributed by atoms with Gasteiger partial charge in [0.1, 0.15) is 10.7 Å². The predicted octanol–water partition coefficient (Wildman–Crippen LogP) is 1.61. The molecular weight excluding hydrogens is 323 g/mol. The first-order valence-corrected chi connectivity index (χ1v) is 7.29. The van der Waals surface area contributed by atoms with Gasteiger partial charge in [0.25, 0.3) is 0 Å². The maximum absolute atomic E-state index is 12.8. The first-order chi connectivity index (χ1) is 9.79. The van der Waals surface area contributed by atoms with Crippen LogP contribution in [0.2, 0.25) is 5.02 Å². The maximum atomic E-state index is 12.8. The van der Waals surface area contributed by atoms with Crippen molar-refractivity contribution < 1.29 is 26.9 Å². The Morgan fingerprint density at radius 3 is 2.29 bits per heavy atom. The van der Waals surface area contributed by atoms with Crippen molar-refractivity contribution in [3.8, 4) is 5.75 Å². The largest absolute Gasteiger partial charge is 0.545 e. The molecule has 2 rings (SSSR count). The number of carboxylic acid groups (broad SMARTS) is 1. The van der Waals surface area contributed by atoms with Gasteiger partial charge in [0.05, 0.1) is 11.0 Å². The van der Waals surface area contributed by atoms with E-state index in [2.05, 4.69) is 0 Å². The Labute approximate surface area is 124 Å². The summed E-state index contributed by atoms with van der Waals surface area (Å²) in [7, 11) is -4.20. The lowest BCUT2D eigenvalue weighted by atomic mass is 10.2. The molecule has 0 radical (unpaired) electrons. The van der Waals surface area contributed by atoms with Crippen LogP contribution in [0.5, 0.6) is 5.75 Å². The van der Waals surface area contributed by atoms with Crippen LogP contribution < -0.4 is 9.29 Å². The molecule has 8 heteroatoms. The molecule has 0 amide bonds. The minimum atomic E-state index is -4.20. The van der Waals surface area contributed by atoms with Crippen molar-refractivity contribution >= 4 is 27.7 Å². The van der Waals surface area contributed by atoms with E-state index in [-0.39, 0.29) is 21.2 Å². The average Bonchev–Trinajstić information content (AvgIpc) is 2.41. The van der Waals surface area contributed by atoms with Crippen LogP contribution in [0, 0.1) is 5.82 Å². The Kier molecular flexibility index (Phi) is 4.15. The Morgan fingerprint density at radius 1 is 1.14 bits per heavy atom. The second kappa shape index (κ2) is 5.71. The van der Waals surface area contributed by atoms with Gasteiger partial charge >= 0.3 is 10.1 Å². The Bertz CT molecular complexity index is 787. The SMILES string of the molecule is O=C([O-])c1ccc(OS(=O)(=O)c2ccc(F)cc2)c(Cl)c1. The molecule has 0 aliphatic heterocycles. The number of aromatic carboxylic acids is 1. The van der Waals surface area contributed by atoms with Gasteiger partial charge in [-0.2, -0.15) is 8.42 Å². The van der Waals surface area contributed by atoms with Gasteiger partial charge in [0.15, 0.2) is 5.75 Å². The molecule has 2 aromatic carbocycles. The van der Waals surface area contributed by atoms with E-state index in [1.54, 1.807) is 0 Å². The zero-order valence-electron chi connectivity index (χ0n) is 10.2. The van der Waals surface area contributed by atoms with E-state index in [0.29, 0.717) is 0 Å². The quantitative estimate of drug-likeness (QED) is 0.796. The van der Waals surface area contributed by atoms with Crippen molar-refractivity contribution in [2.75, 3.05) is 0 Å². The zero-order valence-corrected chi connectivity index (χ0v) is 11.8. The molecule has 0 saturated carbocycles. The molecule has 0 fully saturated rings. The van der Waals surface area contributed by atoms with Gasteiger partial charge in [0.2, 0.25) is 0 Å². The van der Waals surface area contributed by atoms with Gasteiger partial charge in [-0.1, -0.05) is 11.6 Å². The molecule has 0 bridgehead atoms. The second-order valence-corrected chi connectivity index (χ2v) is 5.88. The number of carbonyl (C=O) groups excluding carboxylic acids is 1. The minimum absolute atomic E-state index is 0.206. The second-order valence-electron chi connectivity index (χ2n) is 3.92. The van der Waals surface area contributed by atoms with Gasteiger partial charge in [-0.05, 0) is 48.0 Å². The fourth-order valence-corrected chi connectivity index (χ4v) is 2.68. The van der Waals surface area contributed by atoms with E-state index >= 15 is 0 Å². The molecule has 5 nitrogen and oxygen atoms in total. The Balaban J connectivity index is 2.32. The van der Waals surface area contributed by atoms with Crippen LogP contribution in [0.1, 0.15) is 10.4 Å². The highest BCUT2D eigenvalue weighted by molar-refractivity contribution is 7.87. The standard InChI is InChI=1S/C13H8ClFO5S/c14-11-7-8(13(16)17)1-6-12(11)20-21(18,19)10-4-2-9(15)3-5-10/h1-7H,(H,16,17)/p-1. The molecule has 0 aliphatic carbocycles. The van der Waals surface area contributed by atoms with E-state index in [1.165, 1.54) is 0 Å². The molecule has 0 aliphatic rings. The van der Waals surface area contributed by atoms with Crippen molar-refractivity contribution in [1.82, 2.24) is 0 Å². The number of carboxylic acids is 1. The van der Waals surface area contributed by atoms with Crippen molar-refractivity contribution in [1.29, 1.82) is 0 Å². The first kappa shape index (κ1) is 15.3. The van der Waals surface area contributed by atoms with Crippen LogP contribution in [-0.4, -0.2) is 14.4 Å². The molecule has 0 aromatic heterocycles. The van der Waals surface area contributed by atoms with E-state index in [0.717, 1.165) is 42.5 Å². The fraction of sp³-hybridized carbons (Fsp3) is 0. The smallest absolute Gasteiger partial charge is 0.339 e. The molecule has 0 unspecified atom stereocenters. The number of hydrogen-bond acceptors (Lipinski definition) is 5. The third kappa shape index (κ3) is 3.50. The lowest BCUT2D eigenvalue weighted by Crippen LogP contribution is -2.22. The van der Waals surface area contributed by atoms with Crippen LogP contribution in [0.15, 0.2) is 47.4 Å². The monoisotopic (exact) mass is 329 g/mol. The van der Waals surface area contributed by atoms with E-state index < -0.39 is 21.9 Å². The summed E-state index contributed by atoms with van der Waals surface area (Å²) < 4.78 is 41.5. The predicted molar refractivity (Wildman–Crippen MR) is 70.0 cm³/mol. The number of benzene rings is 2. The molecule has 2 aromatic rings. The van der Waals surface area contributed by atoms with E-state index in [9.17, 15) is 22.7 Å². The molecule has 0 saturated heterocycles. The van der Waals surface area contributed by atoms with Gasteiger partial charge in [-0.25, -0.2) is 4.39 Å². The molecule has 110 valence electrons. The number of halogens is 2. The average molecular weight is 330 g/mol.